The van der Waals surface area contributed by atoms with Crippen molar-refractivity contribution in [3.05, 3.63) is 66.4 Å². The van der Waals surface area contributed by atoms with Crippen LogP contribution < -0.4 is 10.6 Å². The third-order valence-corrected chi connectivity index (χ3v) is 7.38. The SMILES string of the molecule is CCOC(=O)N=S(C)(=O)c1ccc(Nc2ncc(-c3cccs3)c(NCCn3cccn3)n2)cc1. The van der Waals surface area contributed by atoms with Crippen LogP contribution in [-0.2, 0) is 21.0 Å². The summed E-state index contributed by atoms with van der Waals surface area (Å²) in [6.07, 6.45) is 6.00. The summed E-state index contributed by atoms with van der Waals surface area (Å²) in [7, 11) is -2.91. The predicted octanol–water partition coefficient (Wildman–Crippen LogP) is 4.87. The number of anilines is 3. The van der Waals surface area contributed by atoms with E-state index in [0.717, 1.165) is 10.4 Å². The van der Waals surface area contributed by atoms with Gasteiger partial charge in [0.2, 0.25) is 5.95 Å². The number of nitrogens with zero attached hydrogens (tertiary/aromatic N) is 5. The zero-order valence-electron chi connectivity index (χ0n) is 19.2. The van der Waals surface area contributed by atoms with Crippen LogP contribution in [0.2, 0.25) is 0 Å². The molecule has 0 bridgehead atoms. The van der Waals surface area contributed by atoms with Gasteiger partial charge in [0.05, 0.1) is 28.4 Å². The Labute approximate surface area is 207 Å². The molecular weight excluding hydrogens is 486 g/mol. The normalized spacial score (nSPS) is 12.5. The Morgan fingerprint density at radius 1 is 1.23 bits per heavy atom. The summed E-state index contributed by atoms with van der Waals surface area (Å²) in [5.74, 6) is 1.12. The first-order valence-corrected chi connectivity index (χ1v) is 13.6. The lowest BCUT2D eigenvalue weighted by Gasteiger charge is -2.13. The Kier molecular flexibility index (Phi) is 7.73. The highest BCUT2D eigenvalue weighted by Crippen LogP contribution is 2.31. The van der Waals surface area contributed by atoms with E-state index >= 15 is 0 Å². The van der Waals surface area contributed by atoms with Gasteiger partial charge in [0, 0.05) is 46.9 Å². The average Bonchev–Trinajstić information content (AvgIpc) is 3.54. The number of benzene rings is 1. The number of amides is 1. The molecule has 12 heteroatoms. The number of rotatable bonds is 9. The summed E-state index contributed by atoms with van der Waals surface area (Å²) in [6.45, 7) is 3.17. The Morgan fingerprint density at radius 2 is 2.06 bits per heavy atom. The Balaban J connectivity index is 1.51. The highest BCUT2D eigenvalue weighted by atomic mass is 32.2. The molecule has 1 aromatic carbocycles. The number of nitrogens with one attached hydrogen (secondary N) is 2. The van der Waals surface area contributed by atoms with Gasteiger partial charge < -0.3 is 15.4 Å². The summed E-state index contributed by atoms with van der Waals surface area (Å²) in [5, 5.41) is 12.8. The van der Waals surface area contributed by atoms with E-state index in [9.17, 15) is 9.00 Å². The number of ether oxygens (including phenoxy) is 1. The minimum atomic E-state index is -2.91. The zero-order valence-corrected chi connectivity index (χ0v) is 20.9. The Hall–Kier alpha value is -3.77. The zero-order chi connectivity index (χ0) is 24.7. The van der Waals surface area contributed by atoms with Crippen LogP contribution in [0.3, 0.4) is 0 Å². The summed E-state index contributed by atoms with van der Waals surface area (Å²) >= 11 is 1.62. The van der Waals surface area contributed by atoms with Crippen molar-refractivity contribution in [2.75, 3.05) is 30.0 Å². The number of aromatic nitrogens is 4. The van der Waals surface area contributed by atoms with E-state index in [1.54, 1.807) is 54.9 Å². The quantitative estimate of drug-likeness (QED) is 0.326. The van der Waals surface area contributed by atoms with Crippen molar-refractivity contribution in [3.8, 4) is 10.4 Å². The summed E-state index contributed by atoms with van der Waals surface area (Å²) in [6, 6.07) is 12.7. The second-order valence-electron chi connectivity index (χ2n) is 7.37. The molecule has 0 aliphatic rings. The second kappa shape index (κ2) is 11.1. The Bertz CT molecular complexity index is 1380. The summed E-state index contributed by atoms with van der Waals surface area (Å²) in [5.41, 5.74) is 1.61. The van der Waals surface area contributed by atoms with E-state index in [-0.39, 0.29) is 6.61 Å². The lowest BCUT2D eigenvalue weighted by molar-refractivity contribution is 0.164. The molecule has 0 radical (unpaired) electrons. The van der Waals surface area contributed by atoms with Crippen molar-refractivity contribution < 1.29 is 13.7 Å². The fraction of sp³-hybridized carbons (Fsp3) is 0.217. The predicted molar refractivity (Wildman–Crippen MR) is 138 cm³/mol. The van der Waals surface area contributed by atoms with Crippen molar-refractivity contribution in [3.63, 3.8) is 0 Å². The van der Waals surface area contributed by atoms with Gasteiger partial charge in [-0.3, -0.25) is 4.68 Å². The fourth-order valence-corrected chi connectivity index (χ4v) is 5.00. The first-order chi connectivity index (χ1) is 16.9. The highest BCUT2D eigenvalue weighted by molar-refractivity contribution is 7.93. The molecule has 182 valence electrons. The van der Waals surface area contributed by atoms with Crippen LogP contribution in [0.15, 0.2) is 75.7 Å². The lowest BCUT2D eigenvalue weighted by Crippen LogP contribution is -2.13. The molecule has 0 spiro atoms. The molecule has 3 heterocycles. The van der Waals surface area contributed by atoms with Crippen molar-refractivity contribution in [1.82, 2.24) is 19.7 Å². The van der Waals surface area contributed by atoms with Gasteiger partial charge in [-0.2, -0.15) is 10.1 Å². The molecule has 4 rings (SSSR count). The van der Waals surface area contributed by atoms with Crippen LogP contribution in [0.1, 0.15) is 6.92 Å². The molecule has 0 saturated carbocycles. The highest BCUT2D eigenvalue weighted by Gasteiger charge is 2.13. The standard InChI is InChI=1S/C23H25N7O3S2/c1-3-33-23(31)29-35(2,32)18-9-7-17(8-10-18)27-22-25-16-19(20-6-4-15-34-20)21(28-22)24-12-14-30-13-5-11-26-30/h4-11,13,15-16H,3,12,14H2,1-2H3,(H2,24,25,27,28). The number of hydrogen-bond donors (Lipinski definition) is 2. The Morgan fingerprint density at radius 3 is 2.74 bits per heavy atom. The second-order valence-corrected chi connectivity index (χ2v) is 10.6. The summed E-state index contributed by atoms with van der Waals surface area (Å²) < 4.78 is 23.1. The largest absolute Gasteiger partial charge is 0.448 e. The number of carbonyl (C=O) groups excluding carboxylic acids is 1. The molecular formula is C23H25N7O3S2. The van der Waals surface area contributed by atoms with Gasteiger partial charge in [-0.15, -0.1) is 15.7 Å². The molecule has 1 amide bonds. The maximum Gasteiger partial charge on any atom is 0.442 e. The topological polar surface area (TPSA) is 123 Å². The maximum absolute atomic E-state index is 12.8. The smallest absolute Gasteiger partial charge is 0.442 e. The fourth-order valence-electron chi connectivity index (χ4n) is 3.18. The van der Waals surface area contributed by atoms with Gasteiger partial charge in [-0.1, -0.05) is 6.07 Å². The van der Waals surface area contributed by atoms with E-state index in [0.29, 0.717) is 35.4 Å². The van der Waals surface area contributed by atoms with Crippen LogP contribution >= 0.6 is 11.3 Å². The molecule has 10 nitrogen and oxygen atoms in total. The molecule has 4 aromatic rings. The van der Waals surface area contributed by atoms with E-state index in [1.165, 1.54) is 6.26 Å². The van der Waals surface area contributed by atoms with Crippen LogP contribution in [0.5, 0.6) is 0 Å². The van der Waals surface area contributed by atoms with Crippen LogP contribution in [0.25, 0.3) is 10.4 Å². The summed E-state index contributed by atoms with van der Waals surface area (Å²) in [4.78, 5) is 22.3. The minimum absolute atomic E-state index is 0.173. The molecule has 1 atom stereocenters. The van der Waals surface area contributed by atoms with E-state index in [1.807, 2.05) is 34.5 Å². The van der Waals surface area contributed by atoms with Crippen molar-refractivity contribution >= 4 is 44.6 Å². The average molecular weight is 512 g/mol. The van der Waals surface area contributed by atoms with Gasteiger partial charge >= 0.3 is 6.09 Å². The number of carbonyl (C=O) groups is 1. The van der Waals surface area contributed by atoms with Gasteiger partial charge in [0.1, 0.15) is 5.82 Å². The number of hydrogen-bond acceptors (Lipinski definition) is 9. The first kappa shape index (κ1) is 24.4. The van der Waals surface area contributed by atoms with E-state index in [4.69, 9.17) is 4.74 Å². The molecule has 0 saturated heterocycles. The van der Waals surface area contributed by atoms with Crippen molar-refractivity contribution in [2.24, 2.45) is 4.36 Å². The first-order valence-electron chi connectivity index (χ1n) is 10.8. The number of thiophene rings is 1. The molecule has 0 fully saturated rings. The van der Waals surface area contributed by atoms with E-state index in [2.05, 4.69) is 30.1 Å². The lowest BCUT2D eigenvalue weighted by atomic mass is 10.2. The maximum atomic E-state index is 12.8. The third kappa shape index (κ3) is 6.43. The molecule has 35 heavy (non-hydrogen) atoms. The van der Waals surface area contributed by atoms with Crippen molar-refractivity contribution in [1.29, 1.82) is 0 Å². The molecule has 0 aliphatic heterocycles. The third-order valence-electron chi connectivity index (χ3n) is 4.83. The monoisotopic (exact) mass is 511 g/mol. The van der Waals surface area contributed by atoms with Gasteiger partial charge in [0.25, 0.3) is 0 Å². The van der Waals surface area contributed by atoms with Gasteiger partial charge in [0.15, 0.2) is 0 Å². The molecule has 3 aromatic heterocycles. The van der Waals surface area contributed by atoms with Crippen LogP contribution in [0.4, 0.5) is 22.2 Å². The minimum Gasteiger partial charge on any atom is -0.448 e. The van der Waals surface area contributed by atoms with E-state index < -0.39 is 15.8 Å². The van der Waals surface area contributed by atoms with Gasteiger partial charge in [-0.05, 0) is 48.7 Å². The van der Waals surface area contributed by atoms with Crippen LogP contribution in [0, 0.1) is 0 Å². The van der Waals surface area contributed by atoms with Crippen molar-refractivity contribution in [2.45, 2.75) is 18.4 Å². The van der Waals surface area contributed by atoms with Gasteiger partial charge in [-0.25, -0.2) is 14.0 Å². The molecule has 0 aliphatic carbocycles. The van der Waals surface area contributed by atoms with Crippen LogP contribution in [-0.4, -0.2) is 49.5 Å². The molecule has 2 N–H and O–H groups in total. The molecule has 1 unspecified atom stereocenters.